The van der Waals surface area contributed by atoms with Gasteiger partial charge in [0.15, 0.2) is 0 Å². The van der Waals surface area contributed by atoms with Crippen molar-refractivity contribution in [3.8, 4) is 11.1 Å². The molecule has 1 atom stereocenters. The first kappa shape index (κ1) is 24.6. The lowest BCUT2D eigenvalue weighted by atomic mass is 9.85. The molecule has 0 aliphatic rings. The minimum absolute atomic E-state index is 0.0458. The van der Waals surface area contributed by atoms with Gasteiger partial charge in [0.05, 0.1) is 11.5 Å². The number of amides is 1. The average Bonchev–Trinajstić information content (AvgIpc) is 2.89. The number of aliphatic hydroxyl groups excluding tert-OH is 1. The fourth-order valence-corrected chi connectivity index (χ4v) is 4.29. The third-order valence-electron chi connectivity index (χ3n) is 6.03. The molecule has 0 radical (unpaired) electrons. The van der Waals surface area contributed by atoms with E-state index in [4.69, 9.17) is 5.11 Å². The zero-order valence-electron chi connectivity index (χ0n) is 19.5. The maximum absolute atomic E-state index is 13.7. The minimum atomic E-state index is -1.06. The van der Waals surface area contributed by atoms with Crippen LogP contribution in [0.2, 0.25) is 0 Å². The zero-order chi connectivity index (χ0) is 25.5. The molecule has 0 spiro atoms. The molecule has 1 unspecified atom stereocenters. The number of carbonyl (C=O) groups is 2. The molecule has 0 saturated carbocycles. The Morgan fingerprint density at radius 2 is 1.56 bits per heavy atom. The number of carbonyl (C=O) groups excluding carboxylic acids is 1. The second-order valence-corrected chi connectivity index (χ2v) is 8.38. The van der Waals surface area contributed by atoms with Crippen molar-refractivity contribution in [2.75, 3.05) is 11.9 Å². The Labute approximate surface area is 208 Å². The molecule has 0 saturated heterocycles. The molecular formula is C29H26N2O5. The number of aromatic nitrogens is 1. The number of hydrogen-bond donors (Lipinski definition) is 4. The van der Waals surface area contributed by atoms with Gasteiger partial charge in [0, 0.05) is 24.1 Å². The van der Waals surface area contributed by atoms with E-state index >= 15 is 0 Å². The molecule has 3 aromatic carbocycles. The average molecular weight is 483 g/mol. The van der Waals surface area contributed by atoms with E-state index in [9.17, 15) is 19.5 Å². The topological polar surface area (TPSA) is 119 Å². The fraction of sp³-hybridized carbons (Fsp3) is 0.138. The van der Waals surface area contributed by atoms with Gasteiger partial charge in [-0.1, -0.05) is 54.6 Å². The van der Waals surface area contributed by atoms with Crippen molar-refractivity contribution in [2.24, 2.45) is 0 Å². The number of aromatic amines is 1. The highest BCUT2D eigenvalue weighted by atomic mass is 16.4. The van der Waals surface area contributed by atoms with Crippen LogP contribution in [-0.4, -0.2) is 33.7 Å². The van der Waals surface area contributed by atoms with Crippen LogP contribution in [-0.2, 0) is 17.6 Å². The molecule has 4 aromatic rings. The summed E-state index contributed by atoms with van der Waals surface area (Å²) in [4.78, 5) is 40.8. The summed E-state index contributed by atoms with van der Waals surface area (Å²) in [6.45, 7) is -0.0458. The van der Waals surface area contributed by atoms with Crippen LogP contribution in [0, 0.1) is 0 Å². The van der Waals surface area contributed by atoms with Crippen molar-refractivity contribution in [1.82, 2.24) is 4.98 Å². The first-order valence-corrected chi connectivity index (χ1v) is 11.6. The molecule has 4 N–H and O–H groups in total. The Kier molecular flexibility index (Phi) is 7.72. The summed E-state index contributed by atoms with van der Waals surface area (Å²) in [5, 5.41) is 21.6. The number of carboxylic acids is 1. The van der Waals surface area contributed by atoms with Gasteiger partial charge in [-0.2, -0.15) is 0 Å². The van der Waals surface area contributed by atoms with Gasteiger partial charge >= 0.3 is 5.97 Å². The summed E-state index contributed by atoms with van der Waals surface area (Å²) in [5.74, 6) is -2.29. The number of anilines is 1. The molecule has 182 valence electrons. The molecule has 1 heterocycles. The molecule has 7 nitrogen and oxygen atoms in total. The van der Waals surface area contributed by atoms with Gasteiger partial charge in [-0.3, -0.25) is 9.59 Å². The van der Waals surface area contributed by atoms with Crippen molar-refractivity contribution in [3.05, 3.63) is 124 Å². The summed E-state index contributed by atoms with van der Waals surface area (Å²) < 4.78 is 0. The molecule has 4 rings (SSSR count). The minimum Gasteiger partial charge on any atom is -0.478 e. The smallest absolute Gasteiger partial charge is 0.335 e. The van der Waals surface area contributed by atoms with Gasteiger partial charge in [-0.05, 0) is 65.4 Å². The van der Waals surface area contributed by atoms with Crippen LogP contribution in [0.15, 0.2) is 95.9 Å². The van der Waals surface area contributed by atoms with Crippen LogP contribution in [0.1, 0.15) is 33.0 Å². The van der Waals surface area contributed by atoms with Crippen LogP contribution >= 0.6 is 0 Å². The number of nitrogens with one attached hydrogen (secondary N) is 2. The number of hydrogen-bond acceptors (Lipinski definition) is 4. The standard InChI is InChI=1S/C29H26N2O5/c32-17-15-20-8-4-5-9-23(20)24-14-16-30-28(34)26(24)25(18-19-6-2-1-3-7-19)27(33)31-22-12-10-21(11-13-22)29(35)36/h1-14,16,25,32H,15,17-18H2,(H,30,34)(H,31,33)(H,35,36). The number of H-pyrrole nitrogens is 1. The molecule has 1 amide bonds. The number of aromatic carboxylic acids is 1. The predicted octanol–water partition coefficient (Wildman–Crippen LogP) is 4.24. The van der Waals surface area contributed by atoms with Crippen molar-refractivity contribution in [3.63, 3.8) is 0 Å². The van der Waals surface area contributed by atoms with Crippen molar-refractivity contribution in [2.45, 2.75) is 18.8 Å². The highest BCUT2D eigenvalue weighted by Crippen LogP contribution is 2.32. The van der Waals surface area contributed by atoms with Crippen LogP contribution < -0.4 is 10.9 Å². The third kappa shape index (κ3) is 5.59. The van der Waals surface area contributed by atoms with Gasteiger partial charge in [-0.25, -0.2) is 4.79 Å². The normalized spacial score (nSPS) is 11.6. The second kappa shape index (κ2) is 11.3. The van der Waals surface area contributed by atoms with Gasteiger partial charge in [0.2, 0.25) is 5.91 Å². The lowest BCUT2D eigenvalue weighted by molar-refractivity contribution is -0.117. The lowest BCUT2D eigenvalue weighted by Crippen LogP contribution is -2.29. The van der Waals surface area contributed by atoms with E-state index in [0.29, 0.717) is 23.2 Å². The van der Waals surface area contributed by atoms with Crippen molar-refractivity contribution < 1.29 is 19.8 Å². The van der Waals surface area contributed by atoms with E-state index in [1.807, 2.05) is 54.6 Å². The molecular weight excluding hydrogens is 456 g/mol. The SMILES string of the molecule is O=C(O)c1ccc(NC(=O)C(Cc2ccccc2)c2c(-c3ccccc3CCO)cc[nH]c2=O)cc1. The monoisotopic (exact) mass is 482 g/mol. The molecule has 0 fully saturated rings. The van der Waals surface area contributed by atoms with E-state index in [-0.39, 0.29) is 30.1 Å². The van der Waals surface area contributed by atoms with E-state index < -0.39 is 11.9 Å². The quantitative estimate of drug-likeness (QED) is 0.285. The molecule has 0 aliphatic carbocycles. The highest BCUT2D eigenvalue weighted by molar-refractivity contribution is 5.98. The largest absolute Gasteiger partial charge is 0.478 e. The Hall–Kier alpha value is -4.49. The summed E-state index contributed by atoms with van der Waals surface area (Å²) >= 11 is 0. The fourth-order valence-electron chi connectivity index (χ4n) is 4.29. The van der Waals surface area contributed by atoms with Gasteiger partial charge in [0.1, 0.15) is 0 Å². The summed E-state index contributed by atoms with van der Waals surface area (Å²) in [7, 11) is 0. The van der Waals surface area contributed by atoms with Crippen molar-refractivity contribution in [1.29, 1.82) is 0 Å². The first-order chi connectivity index (χ1) is 17.5. The third-order valence-corrected chi connectivity index (χ3v) is 6.03. The first-order valence-electron chi connectivity index (χ1n) is 11.6. The molecule has 7 heteroatoms. The molecule has 1 aromatic heterocycles. The van der Waals surface area contributed by atoms with Gasteiger partial charge in [0.25, 0.3) is 5.56 Å². The zero-order valence-corrected chi connectivity index (χ0v) is 19.5. The Balaban J connectivity index is 1.80. The van der Waals surface area contributed by atoms with Crippen LogP contribution in [0.25, 0.3) is 11.1 Å². The van der Waals surface area contributed by atoms with Crippen LogP contribution in [0.4, 0.5) is 5.69 Å². The number of benzene rings is 3. The Morgan fingerprint density at radius 1 is 0.861 bits per heavy atom. The maximum atomic E-state index is 13.7. The predicted molar refractivity (Wildman–Crippen MR) is 138 cm³/mol. The Bertz CT molecular complexity index is 1410. The second-order valence-electron chi connectivity index (χ2n) is 8.38. The lowest BCUT2D eigenvalue weighted by Gasteiger charge is -2.21. The van der Waals surface area contributed by atoms with E-state index in [1.165, 1.54) is 24.3 Å². The molecule has 0 aliphatic heterocycles. The van der Waals surface area contributed by atoms with Crippen LogP contribution in [0.5, 0.6) is 0 Å². The molecule has 0 bridgehead atoms. The number of aliphatic hydroxyl groups is 1. The van der Waals surface area contributed by atoms with E-state index in [2.05, 4.69) is 10.3 Å². The number of rotatable bonds is 9. The number of carboxylic acid groups (broad SMARTS) is 1. The highest BCUT2D eigenvalue weighted by Gasteiger charge is 2.28. The summed E-state index contributed by atoms with van der Waals surface area (Å²) in [6, 6.07) is 24.6. The number of pyridine rings is 1. The van der Waals surface area contributed by atoms with Crippen molar-refractivity contribution >= 4 is 17.6 Å². The van der Waals surface area contributed by atoms with E-state index in [1.54, 1.807) is 12.3 Å². The Morgan fingerprint density at radius 3 is 2.25 bits per heavy atom. The van der Waals surface area contributed by atoms with E-state index in [0.717, 1.165) is 16.7 Å². The summed E-state index contributed by atoms with van der Waals surface area (Å²) in [5.41, 5.74) is 3.65. The summed E-state index contributed by atoms with van der Waals surface area (Å²) in [6.07, 6.45) is 2.25. The molecule has 36 heavy (non-hydrogen) atoms. The maximum Gasteiger partial charge on any atom is 0.335 e. The van der Waals surface area contributed by atoms with Gasteiger partial charge < -0.3 is 20.5 Å². The van der Waals surface area contributed by atoms with Gasteiger partial charge in [-0.15, -0.1) is 0 Å². The van der Waals surface area contributed by atoms with Crippen LogP contribution in [0.3, 0.4) is 0 Å².